The topological polar surface area (TPSA) is 117 Å². The van der Waals surface area contributed by atoms with Crippen molar-refractivity contribution in [1.29, 1.82) is 5.26 Å². The highest BCUT2D eigenvalue weighted by Gasteiger charge is 2.35. The summed E-state index contributed by atoms with van der Waals surface area (Å²) in [5, 5.41) is 12.6. The van der Waals surface area contributed by atoms with Gasteiger partial charge in [-0.05, 0) is 39.5 Å². The first-order valence-electron chi connectivity index (χ1n) is 10.1. The quantitative estimate of drug-likeness (QED) is 0.780. The van der Waals surface area contributed by atoms with Crippen molar-refractivity contribution in [2.45, 2.75) is 58.0 Å². The van der Waals surface area contributed by atoms with Crippen LogP contribution in [0.3, 0.4) is 0 Å². The molecule has 158 valence electrons. The maximum Gasteiger partial charge on any atom is 0.219 e. The van der Waals surface area contributed by atoms with Crippen LogP contribution in [0.15, 0.2) is 4.79 Å². The van der Waals surface area contributed by atoms with Crippen molar-refractivity contribution in [3.8, 4) is 6.07 Å². The highest BCUT2D eigenvalue weighted by atomic mass is 19.1. The molecular weight excluding hydrogens is 387 g/mol. The lowest BCUT2D eigenvalue weighted by molar-refractivity contribution is -0.129. The van der Waals surface area contributed by atoms with Gasteiger partial charge in [-0.2, -0.15) is 5.26 Å². The van der Waals surface area contributed by atoms with E-state index >= 15 is 4.39 Å². The molecule has 2 aromatic rings. The molecule has 2 aliphatic rings. The van der Waals surface area contributed by atoms with Crippen molar-refractivity contribution in [2.24, 2.45) is 0 Å². The molecule has 1 amide bonds. The molecule has 0 unspecified atom stereocenters. The molecule has 4 heterocycles. The maximum absolute atomic E-state index is 15.1. The van der Waals surface area contributed by atoms with Gasteiger partial charge in [-0.25, -0.2) is 9.37 Å². The van der Waals surface area contributed by atoms with E-state index in [4.69, 9.17) is 5.73 Å². The van der Waals surface area contributed by atoms with E-state index in [1.54, 1.807) is 4.90 Å². The number of carbonyl (C=O) groups is 1. The molecule has 1 saturated heterocycles. The summed E-state index contributed by atoms with van der Waals surface area (Å²) < 4.78 is 17.0. The normalized spacial score (nSPS) is 18.3. The van der Waals surface area contributed by atoms with Crippen LogP contribution in [0.2, 0.25) is 0 Å². The molecule has 0 saturated carbocycles. The Hall–Kier alpha value is -3.15. The van der Waals surface area contributed by atoms with Crippen LogP contribution in [0, 0.1) is 17.1 Å². The largest absolute Gasteiger partial charge is 0.396 e. The van der Waals surface area contributed by atoms with E-state index in [2.05, 4.69) is 10.3 Å². The molecule has 2 aliphatic heterocycles. The molecule has 1 fully saturated rings. The van der Waals surface area contributed by atoms with Crippen molar-refractivity contribution < 1.29 is 9.18 Å². The van der Waals surface area contributed by atoms with Crippen LogP contribution < -0.4 is 16.5 Å². The van der Waals surface area contributed by atoms with E-state index in [0.29, 0.717) is 43.7 Å². The SMILES string of the molecule is CC(=O)N1CCC(Nc2nc3c(c(N)c2F)c(=O)c(C#N)c2n3C(C)(C)CC2)CC1. The summed E-state index contributed by atoms with van der Waals surface area (Å²) in [6, 6.07) is 1.92. The third-order valence-electron chi connectivity index (χ3n) is 6.35. The first kappa shape index (κ1) is 20.1. The lowest BCUT2D eigenvalue weighted by Gasteiger charge is -2.32. The fourth-order valence-electron chi connectivity index (χ4n) is 4.62. The smallest absolute Gasteiger partial charge is 0.219 e. The van der Waals surface area contributed by atoms with Gasteiger partial charge in [-0.1, -0.05) is 0 Å². The lowest BCUT2D eigenvalue weighted by Crippen LogP contribution is -2.41. The van der Waals surface area contributed by atoms with Gasteiger partial charge >= 0.3 is 0 Å². The molecular formula is C21H25FN6O2. The van der Waals surface area contributed by atoms with Crippen LogP contribution in [0.25, 0.3) is 11.0 Å². The third-order valence-corrected chi connectivity index (χ3v) is 6.35. The average Bonchev–Trinajstić information content (AvgIpc) is 3.01. The lowest BCUT2D eigenvalue weighted by atomic mass is 10.0. The molecule has 0 spiro atoms. The van der Waals surface area contributed by atoms with Crippen molar-refractivity contribution in [3.63, 3.8) is 0 Å². The fourth-order valence-corrected chi connectivity index (χ4v) is 4.62. The number of nitrogens with zero attached hydrogens (tertiary/aromatic N) is 4. The Morgan fingerprint density at radius 3 is 2.63 bits per heavy atom. The van der Waals surface area contributed by atoms with Crippen molar-refractivity contribution in [2.75, 3.05) is 24.1 Å². The molecule has 8 nitrogen and oxygen atoms in total. The summed E-state index contributed by atoms with van der Waals surface area (Å²) in [5.74, 6) is -0.755. The average molecular weight is 412 g/mol. The van der Waals surface area contributed by atoms with Crippen molar-refractivity contribution in [1.82, 2.24) is 14.5 Å². The first-order valence-corrected chi connectivity index (χ1v) is 10.1. The van der Waals surface area contributed by atoms with Gasteiger partial charge in [-0.15, -0.1) is 0 Å². The number of nitrogens with one attached hydrogen (secondary N) is 1. The number of pyridine rings is 2. The summed E-state index contributed by atoms with van der Waals surface area (Å²) in [6.45, 7) is 6.71. The Morgan fingerprint density at radius 1 is 1.37 bits per heavy atom. The number of carbonyl (C=O) groups excluding carboxylic acids is 1. The van der Waals surface area contributed by atoms with Crippen LogP contribution in [0.1, 0.15) is 51.3 Å². The number of nitrogens with two attached hydrogens (primary N) is 1. The number of halogens is 1. The fraction of sp³-hybridized carbons (Fsp3) is 0.524. The minimum absolute atomic E-state index is 0.00258. The molecule has 2 aromatic heterocycles. The van der Waals surface area contributed by atoms with Crippen molar-refractivity contribution >= 4 is 28.4 Å². The number of piperidine rings is 1. The zero-order valence-electron chi connectivity index (χ0n) is 17.4. The number of rotatable bonds is 2. The molecule has 9 heteroatoms. The molecule has 0 radical (unpaired) electrons. The monoisotopic (exact) mass is 412 g/mol. The zero-order chi connectivity index (χ0) is 21.8. The van der Waals surface area contributed by atoms with E-state index in [0.717, 1.165) is 6.42 Å². The number of hydrogen-bond donors (Lipinski definition) is 2. The molecule has 0 atom stereocenters. The third kappa shape index (κ3) is 2.98. The van der Waals surface area contributed by atoms with E-state index in [-0.39, 0.29) is 39.9 Å². The molecule has 0 aliphatic carbocycles. The Morgan fingerprint density at radius 2 is 2.03 bits per heavy atom. The summed E-state index contributed by atoms with van der Waals surface area (Å²) in [6.07, 6.45) is 2.64. The number of aromatic nitrogens is 2. The second kappa shape index (κ2) is 6.97. The van der Waals surface area contributed by atoms with Crippen LogP contribution >= 0.6 is 0 Å². The van der Waals surface area contributed by atoms with Crippen molar-refractivity contribution in [3.05, 3.63) is 27.3 Å². The molecule has 30 heavy (non-hydrogen) atoms. The number of hydrogen-bond acceptors (Lipinski definition) is 6. The number of nitrogen functional groups attached to an aromatic ring is 1. The molecule has 3 N–H and O–H groups in total. The predicted octanol–water partition coefficient (Wildman–Crippen LogP) is 2.09. The highest BCUT2D eigenvalue weighted by molar-refractivity contribution is 5.92. The zero-order valence-corrected chi connectivity index (χ0v) is 17.4. The Kier molecular flexibility index (Phi) is 4.68. The first-order chi connectivity index (χ1) is 14.2. The molecule has 4 rings (SSSR count). The molecule has 0 aromatic carbocycles. The minimum atomic E-state index is -0.783. The van der Waals surface area contributed by atoms with Gasteiger partial charge < -0.3 is 20.5 Å². The second-order valence-electron chi connectivity index (χ2n) is 8.72. The van der Waals surface area contributed by atoms with E-state index < -0.39 is 11.2 Å². The van der Waals surface area contributed by atoms with E-state index in [9.17, 15) is 14.9 Å². The molecule has 0 bridgehead atoms. The van der Waals surface area contributed by atoms with E-state index in [1.165, 1.54) is 6.92 Å². The number of likely N-dealkylation sites (tertiary alicyclic amines) is 1. The van der Waals surface area contributed by atoms with Crippen LogP contribution in [0.4, 0.5) is 15.9 Å². The second-order valence-corrected chi connectivity index (χ2v) is 8.72. The highest BCUT2D eigenvalue weighted by Crippen LogP contribution is 2.37. The van der Waals surface area contributed by atoms with Crippen LogP contribution in [-0.2, 0) is 16.8 Å². The Bertz CT molecular complexity index is 1160. The standard InChI is InChI=1S/C21H25FN6O2/c1-11(29)27-8-5-12(6-9-27)25-19-16(22)17(24)15-18(30)13(10-23)14-4-7-21(2,3)28(14)20(15)26-19/h12H,4-9H2,1-3H3,(H3,24,25,26). The predicted molar refractivity (Wildman–Crippen MR) is 112 cm³/mol. The summed E-state index contributed by atoms with van der Waals surface area (Å²) in [5.41, 5.74) is 5.77. The van der Waals surface area contributed by atoms with Gasteiger partial charge in [0.2, 0.25) is 11.3 Å². The number of anilines is 2. The van der Waals surface area contributed by atoms with Crippen LogP contribution in [-0.4, -0.2) is 39.5 Å². The van der Waals surface area contributed by atoms with Gasteiger partial charge in [0.05, 0.1) is 11.1 Å². The number of fused-ring (bicyclic) bond motifs is 3. The number of amides is 1. The summed E-state index contributed by atoms with van der Waals surface area (Å²) in [4.78, 5) is 30.7. The number of nitriles is 1. The minimum Gasteiger partial charge on any atom is -0.396 e. The van der Waals surface area contributed by atoms with Gasteiger partial charge in [0.25, 0.3) is 0 Å². The van der Waals surface area contributed by atoms with Crippen LogP contribution in [0.5, 0.6) is 0 Å². The maximum atomic E-state index is 15.1. The van der Waals surface area contributed by atoms with Gasteiger partial charge in [0.15, 0.2) is 11.6 Å². The summed E-state index contributed by atoms with van der Waals surface area (Å²) >= 11 is 0. The van der Waals surface area contributed by atoms with Gasteiger partial charge in [-0.3, -0.25) is 9.59 Å². The van der Waals surface area contributed by atoms with Gasteiger partial charge in [0, 0.05) is 37.3 Å². The van der Waals surface area contributed by atoms with Gasteiger partial charge in [0.1, 0.15) is 17.3 Å². The summed E-state index contributed by atoms with van der Waals surface area (Å²) in [7, 11) is 0. The Labute approximate surface area is 173 Å². The Balaban J connectivity index is 1.83. The van der Waals surface area contributed by atoms with E-state index in [1.807, 2.05) is 24.5 Å².